The van der Waals surface area contributed by atoms with Gasteiger partial charge >= 0.3 is 0 Å². The van der Waals surface area contributed by atoms with Crippen molar-refractivity contribution in [1.82, 2.24) is 4.98 Å². The first-order chi connectivity index (χ1) is 8.11. The zero-order valence-corrected chi connectivity index (χ0v) is 12.3. The maximum atomic E-state index is 8.97. The fraction of sp³-hybridized carbons (Fsp3) is 0.600. The van der Waals surface area contributed by atoms with Crippen LogP contribution in [0.2, 0.25) is 0 Å². The first-order valence-corrected chi connectivity index (χ1v) is 6.28. The van der Waals surface area contributed by atoms with Gasteiger partial charge < -0.3 is 5.32 Å². The normalized spacial score (nSPS) is 12.1. The summed E-state index contributed by atoms with van der Waals surface area (Å²) in [6.45, 7) is 12.9. The van der Waals surface area contributed by atoms with Crippen LogP contribution in [0.4, 0.5) is 5.82 Å². The molecule has 0 aliphatic carbocycles. The van der Waals surface area contributed by atoms with Gasteiger partial charge in [0.15, 0.2) is 0 Å². The number of pyridine rings is 1. The van der Waals surface area contributed by atoms with Gasteiger partial charge in [-0.2, -0.15) is 5.26 Å². The van der Waals surface area contributed by atoms with E-state index in [-0.39, 0.29) is 11.0 Å². The van der Waals surface area contributed by atoms with Crippen LogP contribution in [-0.4, -0.2) is 10.5 Å². The lowest BCUT2D eigenvalue weighted by Gasteiger charge is -2.33. The van der Waals surface area contributed by atoms with Crippen LogP contribution in [0.5, 0.6) is 0 Å². The van der Waals surface area contributed by atoms with Gasteiger partial charge in [0.25, 0.3) is 0 Å². The van der Waals surface area contributed by atoms with Crippen LogP contribution >= 0.6 is 0 Å². The van der Waals surface area contributed by atoms with Crippen molar-refractivity contribution in [1.29, 1.82) is 5.26 Å². The Labute approximate surface area is 110 Å². The van der Waals surface area contributed by atoms with E-state index in [2.05, 4.69) is 51.0 Å². The Kier molecular flexibility index (Phi) is 4.01. The molecular formula is C15H23N3. The van der Waals surface area contributed by atoms with E-state index < -0.39 is 0 Å². The van der Waals surface area contributed by atoms with Gasteiger partial charge in [0.2, 0.25) is 0 Å². The van der Waals surface area contributed by atoms with Crippen LogP contribution in [0.3, 0.4) is 0 Å². The molecule has 0 fully saturated rings. The van der Waals surface area contributed by atoms with Gasteiger partial charge in [-0.3, -0.25) is 0 Å². The molecule has 0 spiro atoms. The Bertz CT molecular complexity index is 462. The molecule has 0 bridgehead atoms. The third-order valence-corrected chi connectivity index (χ3v) is 2.52. The van der Waals surface area contributed by atoms with E-state index in [4.69, 9.17) is 5.26 Å². The monoisotopic (exact) mass is 245 g/mol. The molecule has 0 saturated carbocycles. The summed E-state index contributed by atoms with van der Waals surface area (Å²) in [5.74, 6) is 0.779. The molecule has 1 aromatic heterocycles. The lowest BCUT2D eigenvalue weighted by Crippen LogP contribution is -2.35. The van der Waals surface area contributed by atoms with E-state index in [9.17, 15) is 0 Å². The first-order valence-electron chi connectivity index (χ1n) is 6.28. The fourth-order valence-electron chi connectivity index (χ4n) is 2.51. The van der Waals surface area contributed by atoms with Gasteiger partial charge in [0.1, 0.15) is 5.82 Å². The number of aromatic nitrogens is 1. The van der Waals surface area contributed by atoms with E-state index in [0.29, 0.717) is 5.56 Å². The summed E-state index contributed by atoms with van der Waals surface area (Å²) in [6.07, 6.45) is 1.03. The van der Waals surface area contributed by atoms with Crippen LogP contribution in [0.25, 0.3) is 0 Å². The number of nitrogens with zero attached hydrogens (tertiary/aromatic N) is 2. The van der Waals surface area contributed by atoms with Gasteiger partial charge in [-0.15, -0.1) is 0 Å². The molecule has 0 aliphatic rings. The number of nitrogens with one attached hydrogen (secondary N) is 1. The minimum Gasteiger partial charge on any atom is -0.365 e. The second-order valence-electron chi connectivity index (χ2n) is 6.74. The van der Waals surface area contributed by atoms with Gasteiger partial charge in [-0.25, -0.2) is 4.98 Å². The average Bonchev–Trinajstić information content (AvgIpc) is 2.11. The Balaban J connectivity index is 2.90. The van der Waals surface area contributed by atoms with Gasteiger partial charge in [0.05, 0.1) is 11.6 Å². The number of rotatable bonds is 3. The van der Waals surface area contributed by atoms with Crippen molar-refractivity contribution in [2.75, 3.05) is 5.32 Å². The molecule has 0 radical (unpaired) electrons. The summed E-state index contributed by atoms with van der Waals surface area (Å²) in [5, 5.41) is 12.4. The number of hydrogen-bond acceptors (Lipinski definition) is 3. The average molecular weight is 245 g/mol. The Hall–Kier alpha value is -1.56. The minimum atomic E-state index is -0.0498. The number of hydrogen-bond donors (Lipinski definition) is 1. The Morgan fingerprint density at radius 1 is 1.22 bits per heavy atom. The molecule has 0 amide bonds. The highest BCUT2D eigenvalue weighted by Crippen LogP contribution is 2.29. The highest BCUT2D eigenvalue weighted by molar-refractivity contribution is 5.45. The van der Waals surface area contributed by atoms with Crippen LogP contribution in [0.1, 0.15) is 52.3 Å². The van der Waals surface area contributed by atoms with Crippen molar-refractivity contribution >= 4 is 5.82 Å². The van der Waals surface area contributed by atoms with E-state index in [0.717, 1.165) is 17.9 Å². The molecular weight excluding hydrogens is 222 g/mol. The van der Waals surface area contributed by atoms with Crippen molar-refractivity contribution in [3.05, 3.63) is 23.4 Å². The molecule has 0 aliphatic heterocycles. The molecule has 0 aromatic carbocycles. The van der Waals surface area contributed by atoms with Crippen molar-refractivity contribution in [2.45, 2.75) is 53.5 Å². The molecule has 0 unspecified atom stereocenters. The van der Waals surface area contributed by atoms with Gasteiger partial charge in [0, 0.05) is 11.2 Å². The molecule has 3 nitrogen and oxygen atoms in total. The highest BCUT2D eigenvalue weighted by Gasteiger charge is 2.25. The summed E-state index contributed by atoms with van der Waals surface area (Å²) in [6, 6.07) is 5.76. The Morgan fingerprint density at radius 2 is 1.83 bits per heavy atom. The summed E-state index contributed by atoms with van der Waals surface area (Å²) < 4.78 is 0. The van der Waals surface area contributed by atoms with Crippen molar-refractivity contribution < 1.29 is 0 Å². The van der Waals surface area contributed by atoms with Gasteiger partial charge in [-0.05, 0) is 44.7 Å². The van der Waals surface area contributed by atoms with Crippen LogP contribution in [-0.2, 0) is 0 Å². The maximum absolute atomic E-state index is 8.97. The van der Waals surface area contributed by atoms with Crippen LogP contribution < -0.4 is 5.32 Å². The predicted octanol–water partition coefficient (Wildman–Crippen LogP) is 3.89. The van der Waals surface area contributed by atoms with E-state index in [1.54, 1.807) is 12.1 Å². The standard InChI is InChI=1S/C15H23N3/c1-11-7-12(9-16)8-13(17-11)18-15(5,6)10-14(2,3)4/h7-8H,10H2,1-6H3,(H,17,18). The van der Waals surface area contributed by atoms with Crippen molar-refractivity contribution in [2.24, 2.45) is 5.41 Å². The highest BCUT2D eigenvalue weighted by atomic mass is 15.0. The second-order valence-corrected chi connectivity index (χ2v) is 6.74. The topological polar surface area (TPSA) is 48.7 Å². The van der Waals surface area contributed by atoms with E-state index in [1.807, 2.05) is 6.92 Å². The summed E-state index contributed by atoms with van der Waals surface area (Å²) in [5.41, 5.74) is 1.71. The van der Waals surface area contributed by atoms with Crippen LogP contribution in [0, 0.1) is 23.7 Å². The SMILES string of the molecule is Cc1cc(C#N)cc(NC(C)(C)CC(C)(C)C)n1. The molecule has 1 N–H and O–H groups in total. The number of nitriles is 1. The molecule has 18 heavy (non-hydrogen) atoms. The van der Waals surface area contributed by atoms with E-state index in [1.165, 1.54) is 0 Å². The van der Waals surface area contributed by atoms with Crippen molar-refractivity contribution in [3.8, 4) is 6.07 Å². The predicted molar refractivity (Wildman–Crippen MR) is 75.5 cm³/mol. The lowest BCUT2D eigenvalue weighted by molar-refractivity contribution is 0.302. The smallest absolute Gasteiger partial charge is 0.127 e. The second kappa shape index (κ2) is 4.97. The number of aryl methyl sites for hydroxylation is 1. The molecule has 1 aromatic rings. The molecule has 0 saturated heterocycles. The molecule has 0 atom stereocenters. The number of anilines is 1. The first kappa shape index (κ1) is 14.5. The Morgan fingerprint density at radius 3 is 2.33 bits per heavy atom. The maximum Gasteiger partial charge on any atom is 0.127 e. The van der Waals surface area contributed by atoms with Gasteiger partial charge in [-0.1, -0.05) is 20.8 Å². The zero-order chi connectivity index (χ0) is 14.0. The third-order valence-electron chi connectivity index (χ3n) is 2.52. The quantitative estimate of drug-likeness (QED) is 0.879. The fourth-order valence-corrected chi connectivity index (χ4v) is 2.51. The molecule has 3 heteroatoms. The van der Waals surface area contributed by atoms with E-state index >= 15 is 0 Å². The van der Waals surface area contributed by atoms with Crippen LogP contribution in [0.15, 0.2) is 12.1 Å². The summed E-state index contributed by atoms with van der Waals surface area (Å²) in [7, 11) is 0. The third kappa shape index (κ3) is 4.75. The minimum absolute atomic E-state index is 0.0498. The summed E-state index contributed by atoms with van der Waals surface area (Å²) >= 11 is 0. The molecule has 1 heterocycles. The zero-order valence-electron chi connectivity index (χ0n) is 12.3. The molecule has 98 valence electrons. The lowest BCUT2D eigenvalue weighted by atomic mass is 9.82. The summed E-state index contributed by atoms with van der Waals surface area (Å²) in [4.78, 5) is 4.43. The largest absolute Gasteiger partial charge is 0.365 e. The van der Waals surface area contributed by atoms with Crippen molar-refractivity contribution in [3.63, 3.8) is 0 Å². The molecule has 1 rings (SSSR count).